The van der Waals surface area contributed by atoms with Crippen molar-refractivity contribution >= 4 is 22.4 Å². The zero-order valence-electron chi connectivity index (χ0n) is 7.64. The first-order valence-corrected chi connectivity index (χ1v) is 5.35. The summed E-state index contributed by atoms with van der Waals surface area (Å²) in [5, 5.41) is 11.5. The van der Waals surface area contributed by atoms with Gasteiger partial charge in [-0.3, -0.25) is 0 Å². The van der Waals surface area contributed by atoms with E-state index in [1.54, 1.807) is 17.6 Å². The van der Waals surface area contributed by atoms with E-state index in [0.29, 0.717) is 11.3 Å². The molecule has 0 atom stereocenters. The molecule has 0 fully saturated rings. The second kappa shape index (κ2) is 3.06. The van der Waals surface area contributed by atoms with Crippen LogP contribution in [0.1, 0.15) is 0 Å². The van der Waals surface area contributed by atoms with Gasteiger partial charge in [-0.15, -0.1) is 11.3 Å². The van der Waals surface area contributed by atoms with Gasteiger partial charge in [-0.1, -0.05) is 6.07 Å². The van der Waals surface area contributed by atoms with Gasteiger partial charge in [0.1, 0.15) is 17.0 Å². The average molecular weight is 217 g/mol. The fourth-order valence-corrected chi connectivity index (χ4v) is 2.00. The molecule has 0 aliphatic heterocycles. The maximum atomic E-state index is 9.58. The van der Waals surface area contributed by atoms with Gasteiger partial charge in [0.05, 0.1) is 11.0 Å². The maximum absolute atomic E-state index is 9.58. The van der Waals surface area contributed by atoms with Crippen LogP contribution in [0.5, 0.6) is 5.75 Å². The number of fused-ring (bicyclic) bond motifs is 1. The van der Waals surface area contributed by atoms with Gasteiger partial charge in [-0.05, 0) is 12.1 Å². The zero-order chi connectivity index (χ0) is 10.3. The number of hydrogen-bond donors (Lipinski definition) is 2. The van der Waals surface area contributed by atoms with Gasteiger partial charge in [-0.2, -0.15) is 0 Å². The highest BCUT2D eigenvalue weighted by atomic mass is 32.1. The lowest BCUT2D eigenvalue weighted by Gasteiger charge is -1.89. The number of para-hydroxylation sites is 1. The third kappa shape index (κ3) is 1.28. The predicted molar refractivity (Wildman–Crippen MR) is 58.9 cm³/mol. The van der Waals surface area contributed by atoms with Gasteiger partial charge < -0.3 is 10.1 Å². The summed E-state index contributed by atoms with van der Waals surface area (Å²) in [4.78, 5) is 11.6. The number of benzene rings is 1. The van der Waals surface area contributed by atoms with E-state index in [9.17, 15) is 5.11 Å². The minimum absolute atomic E-state index is 0.185. The molecule has 4 nitrogen and oxygen atoms in total. The standard InChI is InChI=1S/C10H7N3OS/c14-8-3-1-2-6-9(8)13-10(12-6)7-4-15-5-11-7/h1-5,14H,(H,12,13). The molecule has 2 N–H and O–H groups in total. The fraction of sp³-hybridized carbons (Fsp3) is 0. The number of aromatic hydroxyl groups is 1. The van der Waals surface area contributed by atoms with Crippen LogP contribution in [0.15, 0.2) is 29.1 Å². The number of nitrogens with one attached hydrogen (secondary N) is 1. The van der Waals surface area contributed by atoms with E-state index in [-0.39, 0.29) is 5.75 Å². The summed E-state index contributed by atoms with van der Waals surface area (Å²) in [6, 6.07) is 5.27. The van der Waals surface area contributed by atoms with E-state index in [2.05, 4.69) is 15.0 Å². The highest BCUT2D eigenvalue weighted by Crippen LogP contribution is 2.25. The largest absolute Gasteiger partial charge is 0.506 e. The minimum Gasteiger partial charge on any atom is -0.506 e. The molecule has 1 aromatic carbocycles. The molecule has 0 saturated heterocycles. The zero-order valence-corrected chi connectivity index (χ0v) is 8.45. The summed E-state index contributed by atoms with van der Waals surface area (Å²) in [5.41, 5.74) is 3.96. The highest BCUT2D eigenvalue weighted by Gasteiger charge is 2.08. The van der Waals surface area contributed by atoms with Crippen molar-refractivity contribution in [3.63, 3.8) is 0 Å². The molecule has 0 amide bonds. The summed E-state index contributed by atoms with van der Waals surface area (Å²) in [6.45, 7) is 0. The number of rotatable bonds is 1. The molecule has 0 radical (unpaired) electrons. The Morgan fingerprint density at radius 1 is 1.33 bits per heavy atom. The molecule has 15 heavy (non-hydrogen) atoms. The number of phenols is 1. The van der Waals surface area contributed by atoms with Crippen LogP contribution in [-0.4, -0.2) is 20.1 Å². The molecular weight excluding hydrogens is 210 g/mol. The molecule has 3 rings (SSSR count). The molecule has 5 heteroatoms. The van der Waals surface area contributed by atoms with Crippen molar-refractivity contribution in [2.75, 3.05) is 0 Å². The Kier molecular flexibility index (Phi) is 1.72. The minimum atomic E-state index is 0.185. The maximum Gasteiger partial charge on any atom is 0.158 e. The van der Waals surface area contributed by atoms with Gasteiger partial charge in [0.25, 0.3) is 0 Å². The van der Waals surface area contributed by atoms with Crippen molar-refractivity contribution in [1.29, 1.82) is 0 Å². The molecule has 0 bridgehead atoms. The molecule has 0 saturated carbocycles. The van der Waals surface area contributed by atoms with Crippen molar-refractivity contribution in [2.24, 2.45) is 0 Å². The van der Waals surface area contributed by atoms with Gasteiger partial charge >= 0.3 is 0 Å². The normalized spacial score (nSPS) is 10.9. The van der Waals surface area contributed by atoms with Crippen LogP contribution in [0.2, 0.25) is 0 Å². The SMILES string of the molecule is Oc1cccc2[nH]c(-c3cscn3)nc12. The molecule has 0 spiro atoms. The van der Waals surface area contributed by atoms with Gasteiger partial charge in [0.2, 0.25) is 0 Å². The van der Waals surface area contributed by atoms with Crippen LogP contribution < -0.4 is 0 Å². The number of aromatic amines is 1. The van der Waals surface area contributed by atoms with Crippen molar-refractivity contribution in [1.82, 2.24) is 15.0 Å². The fourth-order valence-electron chi connectivity index (χ4n) is 1.47. The van der Waals surface area contributed by atoms with Crippen LogP contribution in [-0.2, 0) is 0 Å². The van der Waals surface area contributed by atoms with Crippen molar-refractivity contribution in [2.45, 2.75) is 0 Å². The Morgan fingerprint density at radius 3 is 3.00 bits per heavy atom. The molecule has 0 aliphatic carbocycles. The summed E-state index contributed by atoms with van der Waals surface area (Å²) >= 11 is 1.51. The molecule has 2 heterocycles. The Bertz CT molecular complexity index is 600. The monoisotopic (exact) mass is 217 g/mol. The van der Waals surface area contributed by atoms with E-state index in [1.165, 1.54) is 11.3 Å². The number of imidazole rings is 1. The number of aromatic nitrogens is 3. The number of hydrogen-bond acceptors (Lipinski definition) is 4. The smallest absolute Gasteiger partial charge is 0.158 e. The molecular formula is C10H7N3OS. The molecule has 0 unspecified atom stereocenters. The first kappa shape index (κ1) is 8.43. The van der Waals surface area contributed by atoms with E-state index < -0.39 is 0 Å². The van der Waals surface area contributed by atoms with E-state index in [1.807, 2.05) is 11.4 Å². The van der Waals surface area contributed by atoms with Crippen LogP contribution in [0.4, 0.5) is 0 Å². The lowest BCUT2D eigenvalue weighted by Crippen LogP contribution is -1.77. The second-order valence-electron chi connectivity index (χ2n) is 3.13. The first-order valence-electron chi connectivity index (χ1n) is 4.41. The lowest BCUT2D eigenvalue weighted by atomic mass is 10.3. The van der Waals surface area contributed by atoms with Crippen molar-refractivity contribution in [3.8, 4) is 17.3 Å². The number of H-pyrrole nitrogens is 1. The number of thiazole rings is 1. The topological polar surface area (TPSA) is 61.8 Å². The van der Waals surface area contributed by atoms with Crippen molar-refractivity contribution < 1.29 is 5.11 Å². The summed E-state index contributed by atoms with van der Waals surface area (Å²) in [5.74, 6) is 0.873. The van der Waals surface area contributed by atoms with E-state index in [0.717, 1.165) is 11.2 Å². The average Bonchev–Trinajstić information content (AvgIpc) is 2.86. The Hall–Kier alpha value is -1.88. The Morgan fingerprint density at radius 2 is 2.27 bits per heavy atom. The number of phenolic OH excluding ortho intramolecular Hbond substituents is 1. The quantitative estimate of drug-likeness (QED) is 0.658. The van der Waals surface area contributed by atoms with Crippen LogP contribution in [0, 0.1) is 0 Å². The number of nitrogens with zero attached hydrogens (tertiary/aromatic N) is 2. The first-order chi connectivity index (χ1) is 7.34. The van der Waals surface area contributed by atoms with Crippen molar-refractivity contribution in [3.05, 3.63) is 29.1 Å². The lowest BCUT2D eigenvalue weighted by molar-refractivity contribution is 0.480. The molecule has 2 aromatic heterocycles. The van der Waals surface area contributed by atoms with Crippen LogP contribution in [0.3, 0.4) is 0 Å². The van der Waals surface area contributed by atoms with E-state index >= 15 is 0 Å². The van der Waals surface area contributed by atoms with Crippen LogP contribution in [0.25, 0.3) is 22.6 Å². The van der Waals surface area contributed by atoms with Gasteiger partial charge in [-0.25, -0.2) is 9.97 Å². The second-order valence-corrected chi connectivity index (χ2v) is 3.85. The highest BCUT2D eigenvalue weighted by molar-refractivity contribution is 7.07. The molecule has 3 aromatic rings. The summed E-state index contributed by atoms with van der Waals surface area (Å²) in [6.07, 6.45) is 0. The predicted octanol–water partition coefficient (Wildman–Crippen LogP) is 2.39. The summed E-state index contributed by atoms with van der Waals surface area (Å²) in [7, 11) is 0. The van der Waals surface area contributed by atoms with Crippen LogP contribution >= 0.6 is 11.3 Å². The third-order valence-electron chi connectivity index (χ3n) is 2.17. The Labute approximate surface area is 89.3 Å². The van der Waals surface area contributed by atoms with Gasteiger partial charge in [0, 0.05) is 5.38 Å². The Balaban J connectivity index is 2.27. The van der Waals surface area contributed by atoms with Gasteiger partial charge in [0.15, 0.2) is 5.82 Å². The third-order valence-corrected chi connectivity index (χ3v) is 2.75. The molecule has 74 valence electrons. The summed E-state index contributed by atoms with van der Waals surface area (Å²) < 4.78 is 0. The van der Waals surface area contributed by atoms with E-state index in [4.69, 9.17) is 0 Å². The molecule has 0 aliphatic rings.